The fourth-order valence-electron chi connectivity index (χ4n) is 4.27. The molecule has 2 saturated heterocycles. The highest BCUT2D eigenvalue weighted by molar-refractivity contribution is 5.94. The number of amides is 2. The molecule has 2 aliphatic rings. The summed E-state index contributed by atoms with van der Waals surface area (Å²) in [5.74, 6) is 0.982. The predicted molar refractivity (Wildman–Crippen MR) is 105 cm³/mol. The lowest BCUT2D eigenvalue weighted by atomic mass is 9.92. The fraction of sp³-hybridized carbons (Fsp3) is 0.524. The fourth-order valence-corrected chi connectivity index (χ4v) is 4.27. The van der Waals surface area contributed by atoms with Crippen LogP contribution in [0, 0.1) is 11.8 Å². The van der Waals surface area contributed by atoms with Crippen LogP contribution in [0.15, 0.2) is 36.9 Å². The van der Waals surface area contributed by atoms with Crippen molar-refractivity contribution in [3.8, 4) is 5.69 Å². The van der Waals surface area contributed by atoms with Gasteiger partial charge in [-0.15, -0.1) is 10.2 Å². The number of rotatable bonds is 3. The van der Waals surface area contributed by atoms with Crippen molar-refractivity contribution < 1.29 is 9.59 Å². The summed E-state index contributed by atoms with van der Waals surface area (Å²) in [5.41, 5.74) is 1.59. The maximum Gasteiger partial charge on any atom is 0.253 e. The van der Waals surface area contributed by atoms with Gasteiger partial charge in [0.2, 0.25) is 5.91 Å². The number of hydrogen-bond acceptors (Lipinski definition) is 4. The second kappa shape index (κ2) is 8.12. The average Bonchev–Trinajstić information content (AvgIpc) is 3.28. The lowest BCUT2D eigenvalue weighted by molar-refractivity contribution is -0.138. The van der Waals surface area contributed by atoms with E-state index in [2.05, 4.69) is 17.1 Å². The van der Waals surface area contributed by atoms with Crippen molar-refractivity contribution in [1.29, 1.82) is 0 Å². The van der Waals surface area contributed by atoms with Gasteiger partial charge in [0.25, 0.3) is 5.91 Å². The molecule has 2 aliphatic heterocycles. The first-order valence-electron chi connectivity index (χ1n) is 10.1. The zero-order valence-electron chi connectivity index (χ0n) is 16.3. The quantitative estimate of drug-likeness (QED) is 0.818. The molecule has 1 aromatic carbocycles. The van der Waals surface area contributed by atoms with Gasteiger partial charge in [-0.2, -0.15) is 0 Å². The first kappa shape index (κ1) is 18.7. The van der Waals surface area contributed by atoms with E-state index >= 15 is 0 Å². The molecule has 7 heteroatoms. The Labute approximate surface area is 165 Å². The van der Waals surface area contributed by atoms with E-state index in [1.165, 1.54) is 6.42 Å². The number of nitrogens with zero attached hydrogens (tertiary/aromatic N) is 5. The molecule has 2 amide bonds. The minimum atomic E-state index is 0.0350. The zero-order chi connectivity index (χ0) is 19.5. The molecule has 0 aliphatic carbocycles. The van der Waals surface area contributed by atoms with Gasteiger partial charge in [0.1, 0.15) is 12.7 Å². The van der Waals surface area contributed by atoms with Crippen LogP contribution in [0.2, 0.25) is 0 Å². The molecule has 1 aromatic heterocycles. The molecule has 0 bridgehead atoms. The van der Waals surface area contributed by atoms with Crippen LogP contribution in [0.1, 0.15) is 43.0 Å². The van der Waals surface area contributed by atoms with Crippen LogP contribution in [-0.4, -0.2) is 62.6 Å². The number of piperidine rings is 2. The summed E-state index contributed by atoms with van der Waals surface area (Å²) in [7, 11) is 0. The van der Waals surface area contributed by atoms with E-state index in [4.69, 9.17) is 0 Å². The summed E-state index contributed by atoms with van der Waals surface area (Å²) in [6.45, 7) is 5.28. The molecule has 28 heavy (non-hydrogen) atoms. The SMILES string of the molecule is CC1CCCN(C(=O)C2CCN(C(=O)c3ccc(-n4cnnc4)cc3)CC2)C1. The van der Waals surface area contributed by atoms with E-state index in [1.807, 2.05) is 34.1 Å². The normalized spacial score (nSPS) is 21.0. The van der Waals surface area contributed by atoms with E-state index in [0.717, 1.165) is 38.0 Å². The molecule has 4 rings (SSSR count). The van der Waals surface area contributed by atoms with Crippen LogP contribution in [0.3, 0.4) is 0 Å². The minimum Gasteiger partial charge on any atom is -0.342 e. The van der Waals surface area contributed by atoms with E-state index in [1.54, 1.807) is 17.2 Å². The van der Waals surface area contributed by atoms with Gasteiger partial charge in [-0.1, -0.05) is 6.92 Å². The third-order valence-electron chi connectivity index (χ3n) is 5.93. The van der Waals surface area contributed by atoms with Crippen LogP contribution in [-0.2, 0) is 4.79 Å². The summed E-state index contributed by atoms with van der Waals surface area (Å²) in [5, 5.41) is 7.59. The van der Waals surface area contributed by atoms with Crippen molar-refractivity contribution in [2.45, 2.75) is 32.6 Å². The van der Waals surface area contributed by atoms with Crippen LogP contribution in [0.5, 0.6) is 0 Å². The molecular weight excluding hydrogens is 354 g/mol. The van der Waals surface area contributed by atoms with Gasteiger partial charge in [0.05, 0.1) is 0 Å². The number of benzene rings is 1. The number of hydrogen-bond donors (Lipinski definition) is 0. The maximum atomic E-state index is 12.8. The summed E-state index contributed by atoms with van der Waals surface area (Å²) >= 11 is 0. The molecule has 0 saturated carbocycles. The highest BCUT2D eigenvalue weighted by Gasteiger charge is 2.32. The van der Waals surface area contributed by atoms with Crippen molar-refractivity contribution in [3.05, 3.63) is 42.5 Å². The Morgan fingerprint density at radius 2 is 1.61 bits per heavy atom. The van der Waals surface area contributed by atoms with Crippen LogP contribution >= 0.6 is 0 Å². The molecule has 2 aromatic rings. The Bertz CT molecular complexity index is 810. The maximum absolute atomic E-state index is 12.8. The molecule has 0 N–H and O–H groups in total. The van der Waals surface area contributed by atoms with Gasteiger partial charge in [0.15, 0.2) is 0 Å². The van der Waals surface area contributed by atoms with Crippen LogP contribution < -0.4 is 0 Å². The standard InChI is InChI=1S/C21H27N5O2/c1-16-3-2-10-25(13-16)21(28)18-8-11-24(12-9-18)20(27)17-4-6-19(7-5-17)26-14-22-23-15-26/h4-7,14-16,18H,2-3,8-13H2,1H3. The van der Waals surface area contributed by atoms with E-state index in [0.29, 0.717) is 24.6 Å². The summed E-state index contributed by atoms with van der Waals surface area (Å²) in [6.07, 6.45) is 7.09. The smallest absolute Gasteiger partial charge is 0.253 e. The molecule has 1 atom stereocenters. The Morgan fingerprint density at radius 3 is 2.25 bits per heavy atom. The Balaban J connectivity index is 1.33. The van der Waals surface area contributed by atoms with E-state index < -0.39 is 0 Å². The minimum absolute atomic E-state index is 0.0350. The molecule has 0 spiro atoms. The highest BCUT2D eigenvalue weighted by atomic mass is 16.2. The van der Waals surface area contributed by atoms with Gasteiger partial charge in [-0.3, -0.25) is 14.2 Å². The van der Waals surface area contributed by atoms with Gasteiger partial charge in [0, 0.05) is 43.3 Å². The molecule has 2 fully saturated rings. The Hall–Kier alpha value is -2.70. The van der Waals surface area contributed by atoms with Gasteiger partial charge < -0.3 is 9.80 Å². The number of aromatic nitrogens is 3. The predicted octanol–water partition coefficient (Wildman–Crippen LogP) is 2.38. The number of carbonyl (C=O) groups excluding carboxylic acids is 2. The molecular formula is C21H27N5O2. The topological polar surface area (TPSA) is 71.3 Å². The highest BCUT2D eigenvalue weighted by Crippen LogP contribution is 2.24. The van der Waals surface area contributed by atoms with Crippen molar-refractivity contribution in [2.24, 2.45) is 11.8 Å². The molecule has 148 valence electrons. The largest absolute Gasteiger partial charge is 0.342 e. The van der Waals surface area contributed by atoms with Gasteiger partial charge in [-0.05, 0) is 55.9 Å². The second-order valence-corrected chi connectivity index (χ2v) is 8.01. The summed E-state index contributed by atoms with van der Waals surface area (Å²) in [4.78, 5) is 29.5. The van der Waals surface area contributed by atoms with Crippen LogP contribution in [0.25, 0.3) is 5.69 Å². The Kier molecular flexibility index (Phi) is 5.41. The lowest BCUT2D eigenvalue weighted by Gasteiger charge is -2.37. The van der Waals surface area contributed by atoms with Crippen molar-refractivity contribution in [2.75, 3.05) is 26.2 Å². The molecule has 1 unspecified atom stereocenters. The summed E-state index contributed by atoms with van der Waals surface area (Å²) in [6, 6.07) is 7.46. The monoisotopic (exact) mass is 381 g/mol. The van der Waals surface area contributed by atoms with Crippen LogP contribution in [0.4, 0.5) is 0 Å². The first-order chi connectivity index (χ1) is 13.6. The van der Waals surface area contributed by atoms with Gasteiger partial charge >= 0.3 is 0 Å². The lowest BCUT2D eigenvalue weighted by Crippen LogP contribution is -2.47. The van der Waals surface area contributed by atoms with Gasteiger partial charge in [-0.25, -0.2) is 0 Å². The molecule has 0 radical (unpaired) electrons. The Morgan fingerprint density at radius 1 is 0.929 bits per heavy atom. The molecule has 7 nitrogen and oxygen atoms in total. The third kappa shape index (κ3) is 3.93. The first-order valence-corrected chi connectivity index (χ1v) is 10.1. The average molecular weight is 381 g/mol. The van der Waals surface area contributed by atoms with E-state index in [-0.39, 0.29) is 17.7 Å². The summed E-state index contributed by atoms with van der Waals surface area (Å²) < 4.78 is 1.80. The van der Waals surface area contributed by atoms with E-state index in [9.17, 15) is 9.59 Å². The second-order valence-electron chi connectivity index (χ2n) is 8.01. The third-order valence-corrected chi connectivity index (χ3v) is 5.93. The van der Waals surface area contributed by atoms with Crippen molar-refractivity contribution in [3.63, 3.8) is 0 Å². The molecule has 3 heterocycles. The number of carbonyl (C=O) groups is 2. The zero-order valence-corrected chi connectivity index (χ0v) is 16.3. The van der Waals surface area contributed by atoms with Crippen molar-refractivity contribution in [1.82, 2.24) is 24.6 Å². The number of likely N-dealkylation sites (tertiary alicyclic amines) is 2. The van der Waals surface area contributed by atoms with Crippen molar-refractivity contribution >= 4 is 11.8 Å².